The molecule has 0 aromatic rings. The maximum atomic E-state index is 12.7. The molecule has 0 aromatic heterocycles. The standard InChI is InChI=1S/C50H96O6/c1-5-7-9-11-13-15-17-19-20-22-23-25-29-33-37-41-48(51)54-44-47(45-55-49(52)42-38-34-31-27-28-32-36-40-46(3)4)56-50(53)43-39-35-30-26-24-21-18-16-14-12-10-8-6-2/h46-47H,5-45H2,1-4H3/t47-/m0/s1. The van der Waals surface area contributed by atoms with Gasteiger partial charge in [0, 0.05) is 19.3 Å². The van der Waals surface area contributed by atoms with E-state index in [0.29, 0.717) is 19.3 Å². The Bertz CT molecular complexity index is 841. The quantitative estimate of drug-likeness (QED) is 0.0347. The highest BCUT2D eigenvalue weighted by Crippen LogP contribution is 2.17. The molecular formula is C50H96O6. The normalized spacial score (nSPS) is 11.9. The predicted octanol–water partition coefficient (Wildman–Crippen LogP) is 15.9. The summed E-state index contributed by atoms with van der Waals surface area (Å²) < 4.78 is 16.8. The van der Waals surface area contributed by atoms with Crippen molar-refractivity contribution in [1.82, 2.24) is 0 Å². The van der Waals surface area contributed by atoms with E-state index in [-0.39, 0.29) is 31.1 Å². The van der Waals surface area contributed by atoms with Gasteiger partial charge in [0.1, 0.15) is 13.2 Å². The first-order valence-electron chi connectivity index (χ1n) is 24.9. The number of unbranched alkanes of at least 4 members (excludes halogenated alkanes) is 32. The van der Waals surface area contributed by atoms with Crippen LogP contribution in [0.3, 0.4) is 0 Å². The number of hydrogen-bond donors (Lipinski definition) is 0. The molecule has 0 N–H and O–H groups in total. The summed E-state index contributed by atoms with van der Waals surface area (Å²) in [6.45, 7) is 8.97. The summed E-state index contributed by atoms with van der Waals surface area (Å²) in [6, 6.07) is 0. The van der Waals surface area contributed by atoms with E-state index >= 15 is 0 Å². The van der Waals surface area contributed by atoms with E-state index in [4.69, 9.17) is 14.2 Å². The Kier molecular flexibility index (Phi) is 43.2. The molecule has 0 radical (unpaired) electrons. The lowest BCUT2D eigenvalue weighted by Gasteiger charge is -2.18. The molecule has 0 rings (SSSR count). The maximum absolute atomic E-state index is 12.7. The number of ether oxygens (including phenoxy) is 3. The Balaban J connectivity index is 4.29. The van der Waals surface area contributed by atoms with Crippen molar-refractivity contribution in [2.45, 2.75) is 284 Å². The average molecular weight is 793 g/mol. The molecule has 0 bridgehead atoms. The SMILES string of the molecule is CCCCCCCCCCCCCCCCCC(=O)OC[C@@H](COC(=O)CCCCCCCCCC(C)C)OC(=O)CCCCCCCCCCCCCCC. The Morgan fingerprint density at radius 2 is 0.589 bits per heavy atom. The zero-order valence-electron chi connectivity index (χ0n) is 38.1. The highest BCUT2D eigenvalue weighted by atomic mass is 16.6. The summed E-state index contributed by atoms with van der Waals surface area (Å²) in [5.41, 5.74) is 0. The minimum absolute atomic E-state index is 0.0635. The van der Waals surface area contributed by atoms with Gasteiger partial charge in [0.15, 0.2) is 6.10 Å². The zero-order chi connectivity index (χ0) is 41.0. The average Bonchev–Trinajstić information content (AvgIpc) is 3.18. The summed E-state index contributed by atoms with van der Waals surface area (Å²) in [6.07, 6.45) is 45.2. The topological polar surface area (TPSA) is 78.9 Å². The molecule has 0 fully saturated rings. The van der Waals surface area contributed by atoms with E-state index in [2.05, 4.69) is 27.7 Å². The van der Waals surface area contributed by atoms with Crippen molar-refractivity contribution in [1.29, 1.82) is 0 Å². The molecule has 6 heteroatoms. The van der Waals surface area contributed by atoms with Crippen molar-refractivity contribution in [3.8, 4) is 0 Å². The minimum atomic E-state index is -0.760. The van der Waals surface area contributed by atoms with Gasteiger partial charge in [-0.2, -0.15) is 0 Å². The number of carbonyl (C=O) groups excluding carboxylic acids is 3. The van der Waals surface area contributed by atoms with Gasteiger partial charge < -0.3 is 14.2 Å². The van der Waals surface area contributed by atoms with Crippen LogP contribution in [0.5, 0.6) is 0 Å². The fourth-order valence-electron chi connectivity index (χ4n) is 7.51. The summed E-state index contributed by atoms with van der Waals surface area (Å²) in [4.78, 5) is 37.8. The van der Waals surface area contributed by atoms with Gasteiger partial charge in [0.2, 0.25) is 0 Å². The van der Waals surface area contributed by atoms with Crippen LogP contribution in [0.2, 0.25) is 0 Å². The van der Waals surface area contributed by atoms with E-state index < -0.39 is 6.10 Å². The predicted molar refractivity (Wildman–Crippen MR) is 238 cm³/mol. The maximum Gasteiger partial charge on any atom is 0.306 e. The number of hydrogen-bond acceptors (Lipinski definition) is 6. The van der Waals surface area contributed by atoms with Crippen LogP contribution in [0.15, 0.2) is 0 Å². The van der Waals surface area contributed by atoms with E-state index in [0.717, 1.165) is 63.7 Å². The van der Waals surface area contributed by atoms with Crippen molar-refractivity contribution in [3.63, 3.8) is 0 Å². The molecule has 56 heavy (non-hydrogen) atoms. The molecule has 0 spiro atoms. The Morgan fingerprint density at radius 3 is 0.875 bits per heavy atom. The van der Waals surface area contributed by atoms with Gasteiger partial charge in [-0.15, -0.1) is 0 Å². The van der Waals surface area contributed by atoms with Gasteiger partial charge in [0.25, 0.3) is 0 Å². The highest BCUT2D eigenvalue weighted by Gasteiger charge is 2.19. The largest absolute Gasteiger partial charge is 0.462 e. The molecule has 1 atom stereocenters. The first-order valence-corrected chi connectivity index (χ1v) is 24.9. The third kappa shape index (κ3) is 43.5. The number of carbonyl (C=O) groups is 3. The summed E-state index contributed by atoms with van der Waals surface area (Å²) in [5, 5.41) is 0. The van der Waals surface area contributed by atoms with Gasteiger partial charge in [0.05, 0.1) is 0 Å². The second-order valence-electron chi connectivity index (χ2n) is 17.6. The smallest absolute Gasteiger partial charge is 0.306 e. The van der Waals surface area contributed by atoms with Crippen LogP contribution >= 0.6 is 0 Å². The first-order chi connectivity index (χ1) is 27.4. The molecular weight excluding hydrogens is 697 g/mol. The van der Waals surface area contributed by atoms with Crippen molar-refractivity contribution in [2.24, 2.45) is 5.92 Å². The third-order valence-electron chi connectivity index (χ3n) is 11.3. The van der Waals surface area contributed by atoms with Crippen molar-refractivity contribution in [2.75, 3.05) is 13.2 Å². The Hall–Kier alpha value is -1.59. The molecule has 0 saturated carbocycles. The Morgan fingerprint density at radius 1 is 0.339 bits per heavy atom. The lowest BCUT2D eigenvalue weighted by Crippen LogP contribution is -2.30. The fraction of sp³-hybridized carbons (Fsp3) is 0.940. The second kappa shape index (κ2) is 44.5. The molecule has 332 valence electrons. The summed E-state index contributed by atoms with van der Waals surface area (Å²) in [5.74, 6) is -0.0683. The molecule has 0 heterocycles. The van der Waals surface area contributed by atoms with Gasteiger partial charge in [-0.3, -0.25) is 14.4 Å². The molecule has 0 unspecified atom stereocenters. The third-order valence-corrected chi connectivity index (χ3v) is 11.3. The van der Waals surface area contributed by atoms with Gasteiger partial charge in [-0.25, -0.2) is 0 Å². The molecule has 0 aromatic carbocycles. The first kappa shape index (κ1) is 54.4. The lowest BCUT2D eigenvalue weighted by atomic mass is 10.0. The van der Waals surface area contributed by atoms with Gasteiger partial charge in [-0.1, -0.05) is 240 Å². The van der Waals surface area contributed by atoms with Crippen LogP contribution < -0.4 is 0 Å². The van der Waals surface area contributed by atoms with Crippen LogP contribution in [0, 0.1) is 5.92 Å². The van der Waals surface area contributed by atoms with Crippen molar-refractivity contribution in [3.05, 3.63) is 0 Å². The molecule has 0 aliphatic rings. The van der Waals surface area contributed by atoms with Crippen LogP contribution in [-0.2, 0) is 28.6 Å². The van der Waals surface area contributed by atoms with Crippen LogP contribution in [0.25, 0.3) is 0 Å². The molecule has 0 aliphatic heterocycles. The molecule has 0 aliphatic carbocycles. The number of rotatable bonds is 45. The molecule has 0 saturated heterocycles. The number of esters is 3. The van der Waals surface area contributed by atoms with Gasteiger partial charge in [-0.05, 0) is 25.2 Å². The molecule has 6 nitrogen and oxygen atoms in total. The summed E-state index contributed by atoms with van der Waals surface area (Å²) >= 11 is 0. The van der Waals surface area contributed by atoms with Crippen LogP contribution in [0.1, 0.15) is 278 Å². The second-order valence-corrected chi connectivity index (χ2v) is 17.6. The molecule has 0 amide bonds. The van der Waals surface area contributed by atoms with Crippen LogP contribution in [0.4, 0.5) is 0 Å². The van der Waals surface area contributed by atoms with Crippen molar-refractivity contribution < 1.29 is 28.6 Å². The highest BCUT2D eigenvalue weighted by molar-refractivity contribution is 5.71. The van der Waals surface area contributed by atoms with Crippen molar-refractivity contribution >= 4 is 17.9 Å². The fourth-order valence-corrected chi connectivity index (χ4v) is 7.51. The van der Waals surface area contributed by atoms with Crippen LogP contribution in [-0.4, -0.2) is 37.2 Å². The van der Waals surface area contributed by atoms with E-state index in [1.54, 1.807) is 0 Å². The minimum Gasteiger partial charge on any atom is -0.462 e. The van der Waals surface area contributed by atoms with Gasteiger partial charge >= 0.3 is 17.9 Å². The Labute approximate surface area is 348 Å². The van der Waals surface area contributed by atoms with E-state index in [1.165, 1.54) is 173 Å². The lowest BCUT2D eigenvalue weighted by molar-refractivity contribution is -0.167. The van der Waals surface area contributed by atoms with E-state index in [9.17, 15) is 14.4 Å². The zero-order valence-corrected chi connectivity index (χ0v) is 38.1. The van der Waals surface area contributed by atoms with E-state index in [1.807, 2.05) is 0 Å². The summed E-state index contributed by atoms with van der Waals surface area (Å²) in [7, 11) is 0. The monoisotopic (exact) mass is 793 g/mol.